The summed E-state index contributed by atoms with van der Waals surface area (Å²) in [5, 5.41) is 15.4. The molecule has 2 fully saturated rings. The molecule has 1 N–H and O–H groups in total. The summed E-state index contributed by atoms with van der Waals surface area (Å²) in [4.78, 5) is 2.58. The van der Waals surface area contributed by atoms with E-state index >= 15 is 0 Å². The standard InChI is InChI=1S/C16H27N3O/c1-2-19-13-14(12-17-19)15(20)16(8-4-5-9-16)18-10-6-3-7-11-18/h12-13,15,20H,2-11H2,1H3. The van der Waals surface area contributed by atoms with Crippen LogP contribution in [0.3, 0.4) is 0 Å². The van der Waals surface area contributed by atoms with Crippen LogP contribution < -0.4 is 0 Å². The van der Waals surface area contributed by atoms with Crippen molar-refractivity contribution in [3.8, 4) is 0 Å². The van der Waals surface area contributed by atoms with E-state index in [9.17, 15) is 5.11 Å². The van der Waals surface area contributed by atoms with Gasteiger partial charge in [0.25, 0.3) is 0 Å². The van der Waals surface area contributed by atoms with Crippen molar-refractivity contribution in [2.75, 3.05) is 13.1 Å². The molecule has 4 nitrogen and oxygen atoms in total. The van der Waals surface area contributed by atoms with Gasteiger partial charge in [0, 0.05) is 18.3 Å². The summed E-state index contributed by atoms with van der Waals surface area (Å²) in [6.07, 6.45) is 12.2. The van der Waals surface area contributed by atoms with E-state index in [-0.39, 0.29) is 11.6 Å². The van der Waals surface area contributed by atoms with Gasteiger partial charge in [0.15, 0.2) is 0 Å². The lowest BCUT2D eigenvalue weighted by Gasteiger charge is -2.46. The van der Waals surface area contributed by atoms with E-state index < -0.39 is 0 Å². The fourth-order valence-corrected chi connectivity index (χ4v) is 4.09. The van der Waals surface area contributed by atoms with Crippen molar-refractivity contribution in [2.24, 2.45) is 0 Å². The molecule has 1 saturated carbocycles. The van der Waals surface area contributed by atoms with Gasteiger partial charge in [-0.15, -0.1) is 0 Å². The van der Waals surface area contributed by atoms with Crippen molar-refractivity contribution < 1.29 is 5.11 Å². The first kappa shape index (κ1) is 14.1. The predicted molar refractivity (Wildman–Crippen MR) is 79.5 cm³/mol. The number of rotatable bonds is 4. The second-order valence-corrected chi connectivity index (χ2v) is 6.39. The Labute approximate surface area is 121 Å². The van der Waals surface area contributed by atoms with Gasteiger partial charge < -0.3 is 5.11 Å². The van der Waals surface area contributed by atoms with Crippen LogP contribution >= 0.6 is 0 Å². The van der Waals surface area contributed by atoms with Crippen LogP contribution in [0.5, 0.6) is 0 Å². The third kappa shape index (κ3) is 2.40. The molecule has 1 aromatic rings. The highest BCUT2D eigenvalue weighted by molar-refractivity contribution is 5.17. The fraction of sp³-hybridized carbons (Fsp3) is 0.812. The number of aliphatic hydroxyl groups excluding tert-OH is 1. The van der Waals surface area contributed by atoms with Gasteiger partial charge in [0.2, 0.25) is 0 Å². The minimum Gasteiger partial charge on any atom is -0.386 e. The summed E-state index contributed by atoms with van der Waals surface area (Å²) in [6.45, 7) is 5.25. The highest BCUT2D eigenvalue weighted by Crippen LogP contribution is 2.45. The number of likely N-dealkylation sites (tertiary alicyclic amines) is 1. The second-order valence-electron chi connectivity index (χ2n) is 6.39. The molecule has 1 unspecified atom stereocenters. The second kappa shape index (κ2) is 5.86. The zero-order chi connectivity index (χ0) is 14.0. The Kier molecular flexibility index (Phi) is 4.13. The lowest BCUT2D eigenvalue weighted by atomic mass is 9.84. The van der Waals surface area contributed by atoms with E-state index in [1.807, 2.05) is 17.1 Å². The fourth-order valence-electron chi connectivity index (χ4n) is 4.09. The van der Waals surface area contributed by atoms with Gasteiger partial charge in [-0.05, 0) is 45.7 Å². The van der Waals surface area contributed by atoms with Crippen LogP contribution in [-0.2, 0) is 6.54 Å². The Hall–Kier alpha value is -0.870. The molecule has 20 heavy (non-hydrogen) atoms. The molecule has 0 amide bonds. The summed E-state index contributed by atoms with van der Waals surface area (Å²) < 4.78 is 1.91. The van der Waals surface area contributed by atoms with Crippen LogP contribution in [0.25, 0.3) is 0 Å². The monoisotopic (exact) mass is 277 g/mol. The summed E-state index contributed by atoms with van der Waals surface area (Å²) in [6, 6.07) is 0. The highest BCUT2D eigenvalue weighted by Gasteiger charge is 2.46. The van der Waals surface area contributed by atoms with E-state index in [0.29, 0.717) is 0 Å². The predicted octanol–water partition coefficient (Wildman–Crippen LogP) is 2.74. The molecule has 0 spiro atoms. The number of aromatic nitrogens is 2. The van der Waals surface area contributed by atoms with Crippen LogP contribution in [0.15, 0.2) is 12.4 Å². The van der Waals surface area contributed by atoms with Crippen molar-refractivity contribution in [2.45, 2.75) is 70.1 Å². The lowest BCUT2D eigenvalue weighted by molar-refractivity contribution is -0.0405. The molecule has 0 bridgehead atoms. The van der Waals surface area contributed by atoms with E-state index in [1.54, 1.807) is 0 Å². The van der Waals surface area contributed by atoms with Crippen LogP contribution in [0.1, 0.15) is 63.5 Å². The summed E-state index contributed by atoms with van der Waals surface area (Å²) in [5.41, 5.74) is 0.974. The van der Waals surface area contributed by atoms with Gasteiger partial charge in [-0.2, -0.15) is 5.10 Å². The average molecular weight is 277 g/mol. The maximum absolute atomic E-state index is 11.0. The number of hydrogen-bond donors (Lipinski definition) is 1. The average Bonchev–Trinajstić information content (AvgIpc) is 3.17. The largest absolute Gasteiger partial charge is 0.386 e. The van der Waals surface area contributed by atoms with Gasteiger partial charge >= 0.3 is 0 Å². The zero-order valence-electron chi connectivity index (χ0n) is 12.6. The van der Waals surface area contributed by atoms with Gasteiger partial charge in [-0.1, -0.05) is 19.3 Å². The summed E-state index contributed by atoms with van der Waals surface area (Å²) >= 11 is 0. The lowest BCUT2D eigenvalue weighted by Crippen LogP contribution is -2.53. The Morgan fingerprint density at radius 2 is 1.90 bits per heavy atom. The normalized spacial score (nSPS) is 24.9. The van der Waals surface area contributed by atoms with Gasteiger partial charge in [-0.25, -0.2) is 0 Å². The minimum absolute atomic E-state index is 0.0258. The molecule has 1 atom stereocenters. The quantitative estimate of drug-likeness (QED) is 0.920. The molecular weight excluding hydrogens is 250 g/mol. The van der Waals surface area contributed by atoms with Crippen LogP contribution in [0.4, 0.5) is 0 Å². The molecule has 2 aliphatic rings. The van der Waals surface area contributed by atoms with E-state index in [4.69, 9.17) is 0 Å². The maximum Gasteiger partial charge on any atom is 0.100 e. The van der Waals surface area contributed by atoms with E-state index in [0.717, 1.165) is 38.0 Å². The Bertz CT molecular complexity index is 431. The highest BCUT2D eigenvalue weighted by atomic mass is 16.3. The number of piperidine rings is 1. The molecule has 4 heteroatoms. The van der Waals surface area contributed by atoms with Crippen LogP contribution in [-0.4, -0.2) is 38.4 Å². The minimum atomic E-state index is -0.386. The van der Waals surface area contributed by atoms with Crippen molar-refractivity contribution in [1.29, 1.82) is 0 Å². The van der Waals surface area contributed by atoms with Crippen LogP contribution in [0.2, 0.25) is 0 Å². The first-order valence-corrected chi connectivity index (χ1v) is 8.22. The molecule has 1 saturated heterocycles. The molecule has 1 aliphatic heterocycles. The molecule has 0 aromatic carbocycles. The molecule has 112 valence electrons. The van der Waals surface area contributed by atoms with Gasteiger partial charge in [-0.3, -0.25) is 9.58 Å². The Morgan fingerprint density at radius 3 is 2.50 bits per heavy atom. The zero-order valence-corrected chi connectivity index (χ0v) is 12.6. The summed E-state index contributed by atoms with van der Waals surface area (Å²) in [7, 11) is 0. The number of aliphatic hydroxyl groups is 1. The van der Waals surface area contributed by atoms with Crippen molar-refractivity contribution in [3.05, 3.63) is 18.0 Å². The number of aryl methyl sites for hydroxylation is 1. The summed E-state index contributed by atoms with van der Waals surface area (Å²) in [5.74, 6) is 0. The Balaban J connectivity index is 1.85. The first-order chi connectivity index (χ1) is 9.76. The van der Waals surface area contributed by atoms with E-state index in [2.05, 4.69) is 16.9 Å². The SMILES string of the molecule is CCn1cc(C(O)C2(N3CCCCC3)CCCC2)cn1. The number of hydrogen-bond acceptors (Lipinski definition) is 3. The molecule has 1 aromatic heterocycles. The molecular formula is C16H27N3O. The third-order valence-corrected chi connectivity index (χ3v) is 5.26. The molecule has 0 radical (unpaired) electrons. The molecule has 3 rings (SSSR count). The third-order valence-electron chi connectivity index (χ3n) is 5.26. The van der Waals surface area contributed by atoms with Crippen molar-refractivity contribution in [1.82, 2.24) is 14.7 Å². The topological polar surface area (TPSA) is 41.3 Å². The molecule has 1 aliphatic carbocycles. The number of nitrogens with zero attached hydrogens (tertiary/aromatic N) is 3. The van der Waals surface area contributed by atoms with E-state index in [1.165, 1.54) is 32.1 Å². The van der Waals surface area contributed by atoms with Gasteiger partial charge in [0.05, 0.1) is 11.7 Å². The Morgan fingerprint density at radius 1 is 1.20 bits per heavy atom. The van der Waals surface area contributed by atoms with Gasteiger partial charge in [0.1, 0.15) is 6.10 Å². The van der Waals surface area contributed by atoms with Crippen molar-refractivity contribution in [3.63, 3.8) is 0 Å². The molecule has 2 heterocycles. The first-order valence-electron chi connectivity index (χ1n) is 8.22. The smallest absolute Gasteiger partial charge is 0.100 e. The van der Waals surface area contributed by atoms with Crippen molar-refractivity contribution >= 4 is 0 Å². The maximum atomic E-state index is 11.0. The van der Waals surface area contributed by atoms with Crippen LogP contribution in [0, 0.1) is 0 Å².